The molecule has 1 saturated carbocycles. The Balaban J connectivity index is 2.10. The van der Waals surface area contributed by atoms with Crippen LogP contribution >= 0.6 is 0 Å². The SMILES string of the molecule is CC(N)[C@@H](N)CC1CCC1. The van der Waals surface area contributed by atoms with Crippen molar-refractivity contribution in [1.82, 2.24) is 0 Å². The molecule has 1 aliphatic rings. The molecule has 2 atom stereocenters. The first-order chi connectivity index (χ1) is 4.70. The lowest BCUT2D eigenvalue weighted by Gasteiger charge is -2.29. The summed E-state index contributed by atoms with van der Waals surface area (Å²) in [6, 6.07) is 0.394. The number of nitrogens with two attached hydrogens (primary N) is 2. The monoisotopic (exact) mass is 142 g/mol. The molecule has 0 radical (unpaired) electrons. The van der Waals surface area contributed by atoms with E-state index in [0.29, 0.717) is 0 Å². The van der Waals surface area contributed by atoms with E-state index in [1.165, 1.54) is 19.3 Å². The third-order valence-corrected chi connectivity index (χ3v) is 2.51. The van der Waals surface area contributed by atoms with Gasteiger partial charge in [0.2, 0.25) is 0 Å². The van der Waals surface area contributed by atoms with Crippen LogP contribution in [0.1, 0.15) is 32.6 Å². The molecule has 1 unspecified atom stereocenters. The molecule has 60 valence electrons. The van der Waals surface area contributed by atoms with E-state index in [-0.39, 0.29) is 12.1 Å². The number of hydrogen-bond acceptors (Lipinski definition) is 2. The summed E-state index contributed by atoms with van der Waals surface area (Å²) >= 11 is 0. The van der Waals surface area contributed by atoms with Crippen molar-refractivity contribution in [2.45, 2.75) is 44.7 Å². The van der Waals surface area contributed by atoms with Crippen LogP contribution in [0.25, 0.3) is 0 Å². The van der Waals surface area contributed by atoms with Crippen molar-refractivity contribution in [3.8, 4) is 0 Å². The molecule has 0 aliphatic heterocycles. The molecule has 0 saturated heterocycles. The molecule has 2 heteroatoms. The Hall–Kier alpha value is -0.0800. The Bertz CT molecular complexity index is 97.4. The molecule has 0 heterocycles. The molecule has 10 heavy (non-hydrogen) atoms. The van der Waals surface area contributed by atoms with Crippen molar-refractivity contribution in [3.05, 3.63) is 0 Å². The van der Waals surface area contributed by atoms with Crippen LogP contribution in [0.2, 0.25) is 0 Å². The molecular weight excluding hydrogens is 124 g/mol. The molecule has 0 aromatic rings. The molecule has 0 bridgehead atoms. The molecule has 2 nitrogen and oxygen atoms in total. The quantitative estimate of drug-likeness (QED) is 0.614. The average molecular weight is 142 g/mol. The minimum absolute atomic E-state index is 0.167. The maximum Gasteiger partial charge on any atom is 0.0192 e. The summed E-state index contributed by atoms with van der Waals surface area (Å²) in [6.07, 6.45) is 5.29. The van der Waals surface area contributed by atoms with Crippen LogP contribution in [0, 0.1) is 5.92 Å². The van der Waals surface area contributed by atoms with Gasteiger partial charge in [0.25, 0.3) is 0 Å². The highest BCUT2D eigenvalue weighted by molar-refractivity contribution is 4.79. The van der Waals surface area contributed by atoms with E-state index in [0.717, 1.165) is 12.3 Å². The van der Waals surface area contributed by atoms with Crippen molar-refractivity contribution < 1.29 is 0 Å². The lowest BCUT2D eigenvalue weighted by atomic mass is 9.80. The van der Waals surface area contributed by atoms with Crippen molar-refractivity contribution in [1.29, 1.82) is 0 Å². The van der Waals surface area contributed by atoms with E-state index < -0.39 is 0 Å². The molecule has 0 amide bonds. The summed E-state index contributed by atoms with van der Waals surface area (Å²) in [5.74, 6) is 0.890. The van der Waals surface area contributed by atoms with Gasteiger partial charge in [-0.3, -0.25) is 0 Å². The predicted molar refractivity (Wildman–Crippen MR) is 43.6 cm³/mol. The molecule has 4 N–H and O–H groups in total. The minimum atomic E-state index is 0.167. The zero-order chi connectivity index (χ0) is 7.56. The van der Waals surface area contributed by atoms with Gasteiger partial charge in [0.05, 0.1) is 0 Å². The maximum atomic E-state index is 5.80. The third-order valence-electron chi connectivity index (χ3n) is 2.51. The molecule has 0 spiro atoms. The summed E-state index contributed by atoms with van der Waals surface area (Å²) in [4.78, 5) is 0. The Morgan fingerprint density at radius 1 is 1.40 bits per heavy atom. The smallest absolute Gasteiger partial charge is 0.0192 e. The predicted octanol–water partition coefficient (Wildman–Crippen LogP) is 0.851. The third kappa shape index (κ3) is 1.96. The highest BCUT2D eigenvalue weighted by Crippen LogP contribution is 2.30. The summed E-state index contributed by atoms with van der Waals surface area (Å²) in [6.45, 7) is 1.99. The van der Waals surface area contributed by atoms with Crippen LogP contribution in [0.3, 0.4) is 0 Å². The largest absolute Gasteiger partial charge is 0.327 e. The molecule has 1 rings (SSSR count). The average Bonchev–Trinajstić information content (AvgIpc) is 1.77. The minimum Gasteiger partial charge on any atom is -0.327 e. The van der Waals surface area contributed by atoms with E-state index in [9.17, 15) is 0 Å². The lowest BCUT2D eigenvalue weighted by molar-refractivity contribution is 0.267. The van der Waals surface area contributed by atoms with Gasteiger partial charge in [0, 0.05) is 12.1 Å². The van der Waals surface area contributed by atoms with E-state index in [4.69, 9.17) is 11.5 Å². The summed E-state index contributed by atoms with van der Waals surface area (Å²) < 4.78 is 0. The van der Waals surface area contributed by atoms with Gasteiger partial charge in [-0.05, 0) is 19.3 Å². The molecule has 0 aromatic heterocycles. The second-order valence-electron chi connectivity index (χ2n) is 3.56. The lowest BCUT2D eigenvalue weighted by Crippen LogP contribution is -2.41. The van der Waals surface area contributed by atoms with Crippen LogP contribution in [-0.2, 0) is 0 Å². The van der Waals surface area contributed by atoms with Crippen molar-refractivity contribution >= 4 is 0 Å². The van der Waals surface area contributed by atoms with Crippen LogP contribution in [-0.4, -0.2) is 12.1 Å². The van der Waals surface area contributed by atoms with Gasteiger partial charge < -0.3 is 11.5 Å². The van der Waals surface area contributed by atoms with E-state index in [1.807, 2.05) is 6.92 Å². The van der Waals surface area contributed by atoms with E-state index in [2.05, 4.69) is 0 Å². The summed E-state index contributed by atoms with van der Waals surface area (Å²) in [5, 5.41) is 0. The first-order valence-corrected chi connectivity index (χ1v) is 4.21. The highest BCUT2D eigenvalue weighted by Gasteiger charge is 2.21. The van der Waals surface area contributed by atoms with Crippen molar-refractivity contribution in [3.63, 3.8) is 0 Å². The molecule has 1 aliphatic carbocycles. The van der Waals surface area contributed by atoms with Crippen LogP contribution < -0.4 is 11.5 Å². The second-order valence-corrected chi connectivity index (χ2v) is 3.56. The molecule has 1 fully saturated rings. The van der Waals surface area contributed by atoms with Gasteiger partial charge in [-0.2, -0.15) is 0 Å². The summed E-state index contributed by atoms with van der Waals surface area (Å²) in [7, 11) is 0. The fourth-order valence-corrected chi connectivity index (χ4v) is 1.33. The molecule has 0 aromatic carbocycles. The Morgan fingerprint density at radius 2 is 2.00 bits per heavy atom. The van der Waals surface area contributed by atoms with Gasteiger partial charge in [-0.15, -0.1) is 0 Å². The zero-order valence-electron chi connectivity index (χ0n) is 6.72. The van der Waals surface area contributed by atoms with Crippen molar-refractivity contribution in [2.75, 3.05) is 0 Å². The van der Waals surface area contributed by atoms with Gasteiger partial charge in [-0.1, -0.05) is 19.3 Å². The number of rotatable bonds is 3. The van der Waals surface area contributed by atoms with Crippen LogP contribution in [0.4, 0.5) is 0 Å². The Morgan fingerprint density at radius 3 is 2.30 bits per heavy atom. The zero-order valence-corrected chi connectivity index (χ0v) is 6.72. The van der Waals surface area contributed by atoms with Gasteiger partial charge in [0.1, 0.15) is 0 Å². The van der Waals surface area contributed by atoms with Gasteiger partial charge >= 0.3 is 0 Å². The topological polar surface area (TPSA) is 52.0 Å². The van der Waals surface area contributed by atoms with Gasteiger partial charge in [-0.25, -0.2) is 0 Å². The number of hydrogen-bond donors (Lipinski definition) is 2. The van der Waals surface area contributed by atoms with Crippen LogP contribution in [0.5, 0.6) is 0 Å². The normalized spacial score (nSPS) is 25.5. The Labute approximate surface area is 63.0 Å². The van der Waals surface area contributed by atoms with Crippen molar-refractivity contribution in [2.24, 2.45) is 17.4 Å². The Kier molecular flexibility index (Phi) is 2.69. The van der Waals surface area contributed by atoms with Gasteiger partial charge in [0.15, 0.2) is 0 Å². The highest BCUT2D eigenvalue weighted by atomic mass is 14.8. The summed E-state index contributed by atoms with van der Waals surface area (Å²) in [5.41, 5.74) is 11.4. The second kappa shape index (κ2) is 3.35. The fraction of sp³-hybridized carbons (Fsp3) is 1.00. The van der Waals surface area contributed by atoms with Crippen LogP contribution in [0.15, 0.2) is 0 Å². The van der Waals surface area contributed by atoms with E-state index in [1.54, 1.807) is 0 Å². The molecular formula is C8H18N2. The van der Waals surface area contributed by atoms with E-state index >= 15 is 0 Å². The maximum absolute atomic E-state index is 5.80. The first kappa shape index (κ1) is 8.02. The standard InChI is InChI=1S/C8H18N2/c1-6(9)8(10)5-7-3-2-4-7/h6-8H,2-5,9-10H2,1H3/t6?,8-/m0/s1. The fourth-order valence-electron chi connectivity index (χ4n) is 1.33. The first-order valence-electron chi connectivity index (χ1n) is 4.21.